The normalized spacial score (nSPS) is 16.6. The molecule has 4 rings (SSSR count). The van der Waals surface area contributed by atoms with E-state index in [0.29, 0.717) is 18.8 Å². The van der Waals surface area contributed by atoms with Crippen LogP contribution in [0.25, 0.3) is 11.0 Å². The van der Waals surface area contributed by atoms with Crippen molar-refractivity contribution < 1.29 is 14.6 Å². The van der Waals surface area contributed by atoms with Crippen LogP contribution in [0.2, 0.25) is 0 Å². The molecule has 128 valence electrons. The standard InChI is InChI=1S/C19H19N3O3/c1-24-16-7-8-17(25-2)19-12(16)10-22(11-15(19)23)18-9-20-13-5-3-4-6-14(13)21-18/h3-9,15,23H,10-11H2,1-2H3. The molecule has 0 fully saturated rings. The van der Waals surface area contributed by atoms with Crippen molar-refractivity contribution in [3.05, 3.63) is 53.7 Å². The van der Waals surface area contributed by atoms with Crippen LogP contribution in [-0.4, -0.2) is 35.8 Å². The van der Waals surface area contributed by atoms with Gasteiger partial charge in [-0.05, 0) is 24.3 Å². The first kappa shape index (κ1) is 15.7. The Hall–Kier alpha value is -2.86. The second-order valence-electron chi connectivity index (χ2n) is 5.98. The summed E-state index contributed by atoms with van der Waals surface area (Å²) in [6.45, 7) is 0.989. The minimum absolute atomic E-state index is 0.420. The highest BCUT2D eigenvalue weighted by Gasteiger charge is 2.30. The number of para-hydroxylation sites is 2. The summed E-state index contributed by atoms with van der Waals surface area (Å²) in [5, 5.41) is 10.7. The van der Waals surface area contributed by atoms with Gasteiger partial charge in [0.1, 0.15) is 23.4 Å². The Bertz CT molecular complexity index is 929. The average molecular weight is 337 g/mol. The minimum Gasteiger partial charge on any atom is -0.496 e. The molecule has 0 spiro atoms. The third-order valence-corrected chi connectivity index (χ3v) is 4.55. The number of ether oxygens (including phenoxy) is 2. The van der Waals surface area contributed by atoms with Gasteiger partial charge in [0.2, 0.25) is 0 Å². The second kappa shape index (κ2) is 6.22. The molecule has 0 bridgehead atoms. The molecule has 3 aromatic rings. The van der Waals surface area contributed by atoms with Crippen LogP contribution in [0.15, 0.2) is 42.6 Å². The predicted octanol–water partition coefficient (Wildman–Crippen LogP) is 2.70. The van der Waals surface area contributed by atoms with Gasteiger partial charge in [0.15, 0.2) is 0 Å². The van der Waals surface area contributed by atoms with Crippen LogP contribution in [0, 0.1) is 0 Å². The lowest BCUT2D eigenvalue weighted by Gasteiger charge is -2.34. The van der Waals surface area contributed by atoms with Crippen molar-refractivity contribution in [2.45, 2.75) is 12.6 Å². The largest absolute Gasteiger partial charge is 0.496 e. The molecule has 2 heterocycles. The van der Waals surface area contributed by atoms with Gasteiger partial charge in [-0.1, -0.05) is 12.1 Å². The number of hydrogen-bond donors (Lipinski definition) is 1. The molecule has 2 aromatic carbocycles. The maximum Gasteiger partial charge on any atom is 0.148 e. The molecule has 1 unspecified atom stereocenters. The third kappa shape index (κ3) is 2.64. The first-order valence-corrected chi connectivity index (χ1v) is 8.10. The molecule has 1 atom stereocenters. The first-order chi connectivity index (χ1) is 12.2. The molecule has 0 aliphatic carbocycles. The highest BCUT2D eigenvalue weighted by molar-refractivity contribution is 5.75. The van der Waals surface area contributed by atoms with E-state index in [0.717, 1.165) is 33.7 Å². The van der Waals surface area contributed by atoms with Crippen molar-refractivity contribution in [1.29, 1.82) is 0 Å². The molecular formula is C19H19N3O3. The number of anilines is 1. The van der Waals surface area contributed by atoms with Crippen molar-refractivity contribution in [2.24, 2.45) is 0 Å². The minimum atomic E-state index is -0.693. The van der Waals surface area contributed by atoms with Crippen LogP contribution >= 0.6 is 0 Å². The van der Waals surface area contributed by atoms with Crippen LogP contribution in [0.1, 0.15) is 17.2 Å². The van der Waals surface area contributed by atoms with Gasteiger partial charge in [0.25, 0.3) is 0 Å². The summed E-state index contributed by atoms with van der Waals surface area (Å²) >= 11 is 0. The van der Waals surface area contributed by atoms with Crippen molar-refractivity contribution in [3.63, 3.8) is 0 Å². The van der Waals surface area contributed by atoms with Gasteiger partial charge in [-0.15, -0.1) is 0 Å². The summed E-state index contributed by atoms with van der Waals surface area (Å²) in [6, 6.07) is 11.4. The molecule has 6 nitrogen and oxygen atoms in total. The number of rotatable bonds is 3. The molecule has 1 aromatic heterocycles. The number of methoxy groups -OCH3 is 2. The molecule has 0 amide bonds. The van der Waals surface area contributed by atoms with Gasteiger partial charge >= 0.3 is 0 Å². The zero-order valence-corrected chi connectivity index (χ0v) is 14.1. The lowest BCUT2D eigenvalue weighted by Crippen LogP contribution is -2.34. The van der Waals surface area contributed by atoms with Crippen molar-refractivity contribution in [1.82, 2.24) is 9.97 Å². The maximum absolute atomic E-state index is 10.7. The van der Waals surface area contributed by atoms with E-state index >= 15 is 0 Å². The highest BCUT2D eigenvalue weighted by atomic mass is 16.5. The number of β-amino-alcohol motifs (C(OH)–C–C–N with tert-alkyl or cyclic N) is 1. The molecule has 1 N–H and O–H groups in total. The number of nitrogens with zero attached hydrogens (tertiary/aromatic N) is 3. The van der Waals surface area contributed by atoms with Crippen molar-refractivity contribution in [2.75, 3.05) is 25.7 Å². The molecule has 1 aliphatic rings. The fraction of sp³-hybridized carbons (Fsp3) is 0.263. The highest BCUT2D eigenvalue weighted by Crippen LogP contribution is 2.40. The molecule has 0 saturated heterocycles. The van der Waals surface area contributed by atoms with Gasteiger partial charge < -0.3 is 19.5 Å². The van der Waals surface area contributed by atoms with Crippen LogP contribution in [0.3, 0.4) is 0 Å². The van der Waals surface area contributed by atoms with E-state index in [1.165, 1.54) is 0 Å². The molecule has 25 heavy (non-hydrogen) atoms. The number of hydrogen-bond acceptors (Lipinski definition) is 6. The number of aliphatic hydroxyl groups is 1. The summed E-state index contributed by atoms with van der Waals surface area (Å²) in [4.78, 5) is 11.2. The van der Waals surface area contributed by atoms with E-state index in [1.54, 1.807) is 20.4 Å². The summed E-state index contributed by atoms with van der Waals surface area (Å²) in [5.41, 5.74) is 3.38. The summed E-state index contributed by atoms with van der Waals surface area (Å²) in [7, 11) is 3.24. The Kier molecular flexibility index (Phi) is 3.89. The summed E-state index contributed by atoms with van der Waals surface area (Å²) in [6.07, 6.45) is 1.05. The van der Waals surface area contributed by atoms with Gasteiger partial charge in [-0.25, -0.2) is 4.98 Å². The SMILES string of the molecule is COc1ccc(OC)c2c1CN(c1cnc3ccccc3n1)CC2O. The number of aromatic nitrogens is 2. The average Bonchev–Trinajstić information content (AvgIpc) is 2.66. The molecule has 0 radical (unpaired) electrons. The monoisotopic (exact) mass is 337 g/mol. The summed E-state index contributed by atoms with van der Waals surface area (Å²) in [5.74, 6) is 2.13. The van der Waals surface area contributed by atoms with E-state index in [1.807, 2.05) is 41.3 Å². The number of fused-ring (bicyclic) bond motifs is 2. The van der Waals surface area contributed by atoms with Gasteiger partial charge in [-0.2, -0.15) is 0 Å². The Labute approximate surface area is 145 Å². The molecular weight excluding hydrogens is 318 g/mol. The Morgan fingerprint density at radius 2 is 1.76 bits per heavy atom. The molecule has 0 saturated carbocycles. The Morgan fingerprint density at radius 1 is 1.04 bits per heavy atom. The first-order valence-electron chi connectivity index (χ1n) is 8.10. The lowest BCUT2D eigenvalue weighted by atomic mass is 9.95. The topological polar surface area (TPSA) is 67.7 Å². The van der Waals surface area contributed by atoms with Crippen LogP contribution < -0.4 is 14.4 Å². The van der Waals surface area contributed by atoms with Gasteiger partial charge in [0, 0.05) is 17.7 Å². The smallest absolute Gasteiger partial charge is 0.148 e. The number of benzene rings is 2. The second-order valence-corrected chi connectivity index (χ2v) is 5.98. The van der Waals surface area contributed by atoms with E-state index in [-0.39, 0.29) is 0 Å². The van der Waals surface area contributed by atoms with E-state index < -0.39 is 6.10 Å². The zero-order valence-electron chi connectivity index (χ0n) is 14.1. The van der Waals surface area contributed by atoms with Crippen molar-refractivity contribution >= 4 is 16.9 Å². The van der Waals surface area contributed by atoms with E-state index in [4.69, 9.17) is 9.47 Å². The van der Waals surface area contributed by atoms with E-state index in [9.17, 15) is 5.11 Å². The van der Waals surface area contributed by atoms with E-state index in [2.05, 4.69) is 9.97 Å². The fourth-order valence-electron chi connectivity index (χ4n) is 3.35. The van der Waals surface area contributed by atoms with Crippen LogP contribution in [0.5, 0.6) is 11.5 Å². The third-order valence-electron chi connectivity index (χ3n) is 4.55. The Balaban J connectivity index is 1.77. The van der Waals surface area contributed by atoms with Gasteiger partial charge in [0.05, 0.1) is 38.0 Å². The maximum atomic E-state index is 10.7. The van der Waals surface area contributed by atoms with Crippen LogP contribution in [0.4, 0.5) is 5.82 Å². The Morgan fingerprint density at radius 3 is 2.52 bits per heavy atom. The zero-order chi connectivity index (χ0) is 17.4. The molecule has 6 heteroatoms. The van der Waals surface area contributed by atoms with Crippen molar-refractivity contribution in [3.8, 4) is 11.5 Å². The summed E-state index contributed by atoms with van der Waals surface area (Å²) < 4.78 is 10.9. The quantitative estimate of drug-likeness (QED) is 0.793. The van der Waals surface area contributed by atoms with Crippen LogP contribution in [-0.2, 0) is 6.54 Å². The molecule has 1 aliphatic heterocycles. The lowest BCUT2D eigenvalue weighted by molar-refractivity contribution is 0.169. The fourth-order valence-corrected chi connectivity index (χ4v) is 3.35. The number of aliphatic hydroxyl groups excluding tert-OH is 1. The predicted molar refractivity (Wildman–Crippen MR) is 95.1 cm³/mol. The van der Waals surface area contributed by atoms with Gasteiger partial charge in [-0.3, -0.25) is 4.98 Å².